The van der Waals surface area contributed by atoms with Crippen LogP contribution in [0.1, 0.15) is 37.3 Å². The SMILES string of the molecule is CCc1ccc2nn(CCC(C)c3ccc4c(c3)nnn4C)nc2c1. The number of rotatable bonds is 5. The molecule has 0 aliphatic heterocycles. The third kappa shape index (κ3) is 2.99. The lowest BCUT2D eigenvalue weighted by molar-refractivity contribution is 0.487. The van der Waals surface area contributed by atoms with Gasteiger partial charge < -0.3 is 0 Å². The van der Waals surface area contributed by atoms with E-state index in [9.17, 15) is 0 Å². The van der Waals surface area contributed by atoms with E-state index in [1.54, 1.807) is 4.68 Å². The zero-order valence-electron chi connectivity index (χ0n) is 14.8. The molecule has 0 fully saturated rings. The van der Waals surface area contributed by atoms with Crippen LogP contribution >= 0.6 is 0 Å². The van der Waals surface area contributed by atoms with Crippen LogP contribution < -0.4 is 0 Å². The molecule has 25 heavy (non-hydrogen) atoms. The van der Waals surface area contributed by atoms with E-state index >= 15 is 0 Å². The van der Waals surface area contributed by atoms with Crippen molar-refractivity contribution in [3.8, 4) is 0 Å². The van der Waals surface area contributed by atoms with Gasteiger partial charge in [-0.3, -0.25) is 0 Å². The summed E-state index contributed by atoms with van der Waals surface area (Å²) in [5, 5.41) is 17.5. The molecule has 6 nitrogen and oxygen atoms in total. The molecule has 2 aromatic heterocycles. The summed E-state index contributed by atoms with van der Waals surface area (Å²) in [6.07, 6.45) is 2.00. The Bertz CT molecular complexity index is 1030. The highest BCUT2D eigenvalue weighted by atomic mass is 15.5. The van der Waals surface area contributed by atoms with Gasteiger partial charge in [-0.15, -0.1) is 5.10 Å². The lowest BCUT2D eigenvalue weighted by Crippen LogP contribution is -2.06. The molecule has 0 N–H and O–H groups in total. The fourth-order valence-corrected chi connectivity index (χ4v) is 3.16. The topological polar surface area (TPSA) is 61.4 Å². The van der Waals surface area contributed by atoms with Crippen LogP contribution in [0.4, 0.5) is 0 Å². The van der Waals surface area contributed by atoms with Crippen molar-refractivity contribution in [3.63, 3.8) is 0 Å². The van der Waals surface area contributed by atoms with Gasteiger partial charge in [0.15, 0.2) is 0 Å². The Balaban J connectivity index is 1.49. The number of aromatic nitrogens is 6. The van der Waals surface area contributed by atoms with Crippen LogP contribution in [0.25, 0.3) is 22.1 Å². The first-order valence-electron chi connectivity index (χ1n) is 8.77. The van der Waals surface area contributed by atoms with Crippen molar-refractivity contribution in [2.75, 3.05) is 0 Å². The van der Waals surface area contributed by atoms with Crippen molar-refractivity contribution in [2.24, 2.45) is 7.05 Å². The quantitative estimate of drug-likeness (QED) is 0.561. The lowest BCUT2D eigenvalue weighted by atomic mass is 9.97. The molecule has 0 aliphatic carbocycles. The van der Waals surface area contributed by atoms with E-state index in [0.29, 0.717) is 5.92 Å². The van der Waals surface area contributed by atoms with E-state index in [2.05, 4.69) is 70.8 Å². The second kappa shape index (κ2) is 6.27. The van der Waals surface area contributed by atoms with E-state index < -0.39 is 0 Å². The molecule has 0 spiro atoms. The molecular weight excluding hydrogens is 312 g/mol. The number of nitrogens with zero attached hydrogens (tertiary/aromatic N) is 6. The fraction of sp³-hybridized carbons (Fsp3) is 0.368. The Morgan fingerprint density at radius 2 is 1.84 bits per heavy atom. The van der Waals surface area contributed by atoms with Gasteiger partial charge in [-0.1, -0.05) is 31.2 Å². The molecule has 0 bridgehead atoms. The Hall–Kier alpha value is -2.76. The zero-order valence-corrected chi connectivity index (χ0v) is 14.8. The van der Waals surface area contributed by atoms with Crippen LogP contribution in [0.2, 0.25) is 0 Å². The van der Waals surface area contributed by atoms with Crippen molar-refractivity contribution in [2.45, 2.75) is 39.2 Å². The molecule has 4 rings (SSSR count). The predicted molar refractivity (Wildman–Crippen MR) is 98.4 cm³/mol. The predicted octanol–water partition coefficient (Wildman–Crippen LogP) is 3.47. The normalized spacial score (nSPS) is 12.9. The van der Waals surface area contributed by atoms with Gasteiger partial charge >= 0.3 is 0 Å². The molecule has 1 atom stereocenters. The van der Waals surface area contributed by atoms with Crippen molar-refractivity contribution in [1.82, 2.24) is 30.0 Å². The molecule has 4 aromatic rings. The summed E-state index contributed by atoms with van der Waals surface area (Å²) in [6, 6.07) is 12.7. The molecule has 0 saturated carbocycles. The maximum Gasteiger partial charge on any atom is 0.113 e. The van der Waals surface area contributed by atoms with Gasteiger partial charge in [0.05, 0.1) is 12.1 Å². The highest BCUT2D eigenvalue weighted by molar-refractivity contribution is 5.75. The molecule has 0 amide bonds. The maximum absolute atomic E-state index is 4.62. The van der Waals surface area contributed by atoms with Crippen molar-refractivity contribution < 1.29 is 0 Å². The molecule has 6 heteroatoms. The maximum atomic E-state index is 4.62. The van der Waals surface area contributed by atoms with Crippen LogP contribution in [0, 0.1) is 0 Å². The summed E-state index contributed by atoms with van der Waals surface area (Å²) in [6.45, 7) is 5.19. The van der Waals surface area contributed by atoms with Gasteiger partial charge in [-0.2, -0.15) is 15.0 Å². The Morgan fingerprint density at radius 3 is 2.68 bits per heavy atom. The number of hydrogen-bond acceptors (Lipinski definition) is 4. The Labute approximate surface area is 146 Å². The second-order valence-corrected chi connectivity index (χ2v) is 6.62. The fourth-order valence-electron chi connectivity index (χ4n) is 3.16. The van der Waals surface area contributed by atoms with E-state index in [1.165, 1.54) is 11.1 Å². The summed E-state index contributed by atoms with van der Waals surface area (Å²) in [5.74, 6) is 0.409. The Kier molecular flexibility index (Phi) is 3.95. The van der Waals surface area contributed by atoms with E-state index in [-0.39, 0.29) is 0 Å². The number of hydrogen-bond donors (Lipinski definition) is 0. The highest BCUT2D eigenvalue weighted by Crippen LogP contribution is 2.23. The zero-order chi connectivity index (χ0) is 17.4. The van der Waals surface area contributed by atoms with Crippen molar-refractivity contribution >= 4 is 22.1 Å². The van der Waals surface area contributed by atoms with Crippen LogP contribution in [0.5, 0.6) is 0 Å². The first-order valence-corrected chi connectivity index (χ1v) is 8.77. The van der Waals surface area contributed by atoms with Gasteiger partial charge in [0.2, 0.25) is 0 Å². The lowest BCUT2D eigenvalue weighted by Gasteiger charge is -2.11. The minimum atomic E-state index is 0.409. The largest absolute Gasteiger partial charge is 0.248 e. The third-order valence-corrected chi connectivity index (χ3v) is 4.86. The second-order valence-electron chi connectivity index (χ2n) is 6.62. The summed E-state index contributed by atoms with van der Waals surface area (Å²) < 4.78 is 1.80. The summed E-state index contributed by atoms with van der Waals surface area (Å²) in [4.78, 5) is 1.82. The highest BCUT2D eigenvalue weighted by Gasteiger charge is 2.10. The number of benzene rings is 2. The smallest absolute Gasteiger partial charge is 0.113 e. The van der Waals surface area contributed by atoms with Crippen LogP contribution in [0.3, 0.4) is 0 Å². The van der Waals surface area contributed by atoms with Gasteiger partial charge in [0.1, 0.15) is 16.6 Å². The molecule has 1 unspecified atom stereocenters. The van der Waals surface area contributed by atoms with Gasteiger partial charge in [-0.25, -0.2) is 4.68 Å². The average Bonchev–Trinajstić information content (AvgIpc) is 3.21. The molecule has 0 saturated heterocycles. The van der Waals surface area contributed by atoms with Crippen molar-refractivity contribution in [3.05, 3.63) is 47.5 Å². The molecule has 2 aromatic carbocycles. The molecule has 2 heterocycles. The standard InChI is InChI=1S/C19H22N6/c1-4-14-5-7-16-17(11-14)22-25(21-16)10-9-13(2)15-6-8-19-18(12-15)20-23-24(19)3/h5-8,11-13H,4,9-10H2,1-3H3. The minimum Gasteiger partial charge on any atom is -0.248 e. The van der Waals surface area contributed by atoms with Crippen LogP contribution in [0.15, 0.2) is 36.4 Å². The number of fused-ring (bicyclic) bond motifs is 2. The summed E-state index contributed by atoms with van der Waals surface area (Å²) >= 11 is 0. The third-order valence-electron chi connectivity index (χ3n) is 4.86. The van der Waals surface area contributed by atoms with E-state index in [0.717, 1.165) is 41.5 Å². The van der Waals surface area contributed by atoms with Crippen molar-refractivity contribution in [1.29, 1.82) is 0 Å². The first kappa shape index (κ1) is 15.7. The Morgan fingerprint density at radius 1 is 1.00 bits per heavy atom. The number of aryl methyl sites for hydroxylation is 3. The van der Waals surface area contributed by atoms with Crippen LogP contribution in [-0.4, -0.2) is 30.0 Å². The summed E-state index contributed by atoms with van der Waals surface area (Å²) in [5.41, 5.74) is 6.52. The molecule has 128 valence electrons. The monoisotopic (exact) mass is 334 g/mol. The summed E-state index contributed by atoms with van der Waals surface area (Å²) in [7, 11) is 1.91. The first-order chi connectivity index (χ1) is 12.1. The van der Waals surface area contributed by atoms with Gasteiger partial charge in [0, 0.05) is 7.05 Å². The van der Waals surface area contributed by atoms with E-state index in [4.69, 9.17) is 0 Å². The average molecular weight is 334 g/mol. The van der Waals surface area contributed by atoms with Crippen LogP contribution in [-0.2, 0) is 20.0 Å². The van der Waals surface area contributed by atoms with Gasteiger partial charge in [-0.05, 0) is 54.2 Å². The van der Waals surface area contributed by atoms with E-state index in [1.807, 2.05) is 11.8 Å². The molecule has 0 radical (unpaired) electrons. The molecular formula is C19H22N6. The van der Waals surface area contributed by atoms with Gasteiger partial charge in [0.25, 0.3) is 0 Å². The molecule has 0 aliphatic rings. The minimum absolute atomic E-state index is 0.409.